The van der Waals surface area contributed by atoms with Crippen LogP contribution in [0.4, 0.5) is 0 Å². The number of carbonyl (C=O) groups is 1. The van der Waals surface area contributed by atoms with Gasteiger partial charge in [-0.15, -0.1) is 11.3 Å². The molecule has 90 valence electrons. The summed E-state index contributed by atoms with van der Waals surface area (Å²) in [7, 11) is 0. The maximum atomic E-state index is 11.1. The molecule has 2 aromatic heterocycles. The number of nitrogens with zero attached hydrogens (tertiary/aromatic N) is 2. The van der Waals surface area contributed by atoms with E-state index < -0.39 is 17.3 Å². The SMILES string of the molecule is O=C(O)c1csc(CCn2c(=O)[nH][nH]c2=O)n1. The lowest BCUT2D eigenvalue weighted by Crippen LogP contribution is -2.27. The van der Waals surface area contributed by atoms with Crippen molar-refractivity contribution in [2.45, 2.75) is 13.0 Å². The Morgan fingerprint density at radius 2 is 2.06 bits per heavy atom. The first kappa shape index (κ1) is 11.3. The number of aromatic nitrogens is 4. The Balaban J connectivity index is 2.10. The van der Waals surface area contributed by atoms with Gasteiger partial charge in [-0.05, 0) is 0 Å². The first-order valence-corrected chi connectivity index (χ1v) is 5.51. The van der Waals surface area contributed by atoms with Crippen molar-refractivity contribution in [3.05, 3.63) is 37.1 Å². The summed E-state index contributed by atoms with van der Waals surface area (Å²) in [4.78, 5) is 36.7. The third-order valence-corrected chi connectivity index (χ3v) is 3.00. The molecule has 9 heteroatoms. The highest BCUT2D eigenvalue weighted by Gasteiger charge is 2.09. The predicted octanol–water partition coefficient (Wildman–Crippen LogP) is -0.738. The van der Waals surface area contributed by atoms with Gasteiger partial charge in [-0.1, -0.05) is 0 Å². The molecule has 0 saturated carbocycles. The van der Waals surface area contributed by atoms with E-state index in [0.717, 1.165) is 4.57 Å². The summed E-state index contributed by atoms with van der Waals surface area (Å²) in [5.41, 5.74) is -1.07. The van der Waals surface area contributed by atoms with Crippen LogP contribution in [-0.2, 0) is 13.0 Å². The van der Waals surface area contributed by atoms with Gasteiger partial charge in [-0.2, -0.15) is 0 Å². The first-order valence-electron chi connectivity index (χ1n) is 4.63. The molecule has 2 rings (SSSR count). The molecule has 8 nitrogen and oxygen atoms in total. The number of thiazole rings is 1. The fraction of sp³-hybridized carbons (Fsp3) is 0.250. The van der Waals surface area contributed by atoms with Crippen molar-refractivity contribution >= 4 is 17.3 Å². The average Bonchev–Trinajstić information content (AvgIpc) is 2.85. The highest BCUT2D eigenvalue weighted by atomic mass is 32.1. The highest BCUT2D eigenvalue weighted by Crippen LogP contribution is 2.10. The maximum absolute atomic E-state index is 11.1. The molecule has 0 amide bonds. The fourth-order valence-electron chi connectivity index (χ4n) is 1.27. The van der Waals surface area contributed by atoms with Crippen LogP contribution >= 0.6 is 11.3 Å². The van der Waals surface area contributed by atoms with Crippen molar-refractivity contribution in [1.29, 1.82) is 0 Å². The van der Waals surface area contributed by atoms with Gasteiger partial charge in [0.15, 0.2) is 5.69 Å². The van der Waals surface area contributed by atoms with Gasteiger partial charge >= 0.3 is 17.3 Å². The second-order valence-electron chi connectivity index (χ2n) is 3.19. The van der Waals surface area contributed by atoms with E-state index in [9.17, 15) is 14.4 Å². The third kappa shape index (κ3) is 2.33. The Kier molecular flexibility index (Phi) is 2.91. The molecular weight excluding hydrogens is 248 g/mol. The van der Waals surface area contributed by atoms with Gasteiger partial charge in [0.25, 0.3) is 0 Å². The Morgan fingerprint density at radius 1 is 1.41 bits per heavy atom. The van der Waals surface area contributed by atoms with Gasteiger partial charge in [0.2, 0.25) is 0 Å². The minimum Gasteiger partial charge on any atom is -0.476 e. The number of H-pyrrole nitrogens is 2. The maximum Gasteiger partial charge on any atom is 0.355 e. The zero-order valence-electron chi connectivity index (χ0n) is 8.47. The molecule has 0 radical (unpaired) electrons. The van der Waals surface area contributed by atoms with Crippen LogP contribution in [0.3, 0.4) is 0 Å². The number of hydrogen-bond acceptors (Lipinski definition) is 5. The Morgan fingerprint density at radius 3 is 2.59 bits per heavy atom. The van der Waals surface area contributed by atoms with Crippen LogP contribution in [0.1, 0.15) is 15.5 Å². The van der Waals surface area contributed by atoms with Gasteiger partial charge < -0.3 is 5.11 Å². The van der Waals surface area contributed by atoms with E-state index in [-0.39, 0.29) is 12.2 Å². The van der Waals surface area contributed by atoms with Crippen LogP contribution in [0, 0.1) is 0 Å². The van der Waals surface area contributed by atoms with E-state index >= 15 is 0 Å². The van der Waals surface area contributed by atoms with Crippen LogP contribution in [0.25, 0.3) is 0 Å². The highest BCUT2D eigenvalue weighted by molar-refractivity contribution is 7.09. The second kappa shape index (κ2) is 4.37. The summed E-state index contributed by atoms with van der Waals surface area (Å²) < 4.78 is 0.988. The van der Waals surface area contributed by atoms with Crippen LogP contribution < -0.4 is 11.4 Å². The number of aryl methyl sites for hydroxylation is 1. The normalized spacial score (nSPS) is 10.6. The molecule has 3 N–H and O–H groups in total. The van der Waals surface area contributed by atoms with Crippen molar-refractivity contribution in [2.24, 2.45) is 0 Å². The fourth-order valence-corrected chi connectivity index (χ4v) is 2.03. The lowest BCUT2D eigenvalue weighted by Gasteiger charge is -1.95. The molecule has 0 unspecified atom stereocenters. The number of aromatic amines is 2. The van der Waals surface area contributed by atoms with Crippen molar-refractivity contribution < 1.29 is 9.90 Å². The molecule has 0 saturated heterocycles. The van der Waals surface area contributed by atoms with E-state index in [1.54, 1.807) is 0 Å². The molecule has 0 bridgehead atoms. The summed E-state index contributed by atoms with van der Waals surface area (Å²) in [5, 5.41) is 15.0. The standard InChI is InChI=1S/C8H8N4O4S/c13-6(14)4-3-17-5(9-4)1-2-12-7(15)10-11-8(12)16/h3H,1-2H2,(H,10,15)(H,11,16)(H,13,14). The summed E-state index contributed by atoms with van der Waals surface area (Å²) >= 11 is 1.18. The number of hydrogen-bond donors (Lipinski definition) is 3. The Hall–Kier alpha value is -2.16. The average molecular weight is 256 g/mol. The summed E-state index contributed by atoms with van der Waals surface area (Å²) in [5.74, 6) is -1.09. The summed E-state index contributed by atoms with van der Waals surface area (Å²) in [6.45, 7) is 0.157. The minimum absolute atomic E-state index is 0.0275. The number of carboxylic acids is 1. The molecule has 0 atom stereocenters. The Bertz CT molecular complexity index is 621. The monoisotopic (exact) mass is 256 g/mol. The molecular formula is C8H8N4O4S. The van der Waals surface area contributed by atoms with Gasteiger partial charge in [0.05, 0.1) is 5.01 Å². The van der Waals surface area contributed by atoms with Gasteiger partial charge in [-0.3, -0.25) is 0 Å². The molecule has 2 aromatic rings. The molecule has 17 heavy (non-hydrogen) atoms. The number of rotatable bonds is 4. The minimum atomic E-state index is -1.09. The van der Waals surface area contributed by atoms with Crippen LogP contribution in [0.15, 0.2) is 15.0 Å². The third-order valence-electron chi connectivity index (χ3n) is 2.09. The van der Waals surface area contributed by atoms with Crippen LogP contribution in [0.5, 0.6) is 0 Å². The summed E-state index contributed by atoms with van der Waals surface area (Å²) in [6.07, 6.45) is 0.332. The van der Waals surface area contributed by atoms with Crippen molar-refractivity contribution in [1.82, 2.24) is 19.7 Å². The molecule has 0 fully saturated rings. The van der Waals surface area contributed by atoms with E-state index in [1.807, 2.05) is 0 Å². The van der Waals surface area contributed by atoms with Crippen molar-refractivity contribution in [3.8, 4) is 0 Å². The van der Waals surface area contributed by atoms with E-state index in [2.05, 4.69) is 15.2 Å². The quantitative estimate of drug-likeness (QED) is 0.665. The van der Waals surface area contributed by atoms with E-state index in [1.165, 1.54) is 16.7 Å². The van der Waals surface area contributed by atoms with Crippen LogP contribution in [0.2, 0.25) is 0 Å². The van der Waals surface area contributed by atoms with Crippen LogP contribution in [-0.4, -0.2) is 30.8 Å². The van der Waals surface area contributed by atoms with E-state index in [0.29, 0.717) is 11.4 Å². The number of aromatic carboxylic acids is 1. The Labute approximate surface area is 97.5 Å². The van der Waals surface area contributed by atoms with Gasteiger partial charge in [-0.25, -0.2) is 34.1 Å². The molecule has 0 aliphatic heterocycles. The molecule has 2 heterocycles. The predicted molar refractivity (Wildman–Crippen MR) is 58.5 cm³/mol. The van der Waals surface area contributed by atoms with E-state index in [4.69, 9.17) is 5.11 Å². The van der Waals surface area contributed by atoms with Gasteiger partial charge in [0, 0.05) is 18.3 Å². The first-order chi connectivity index (χ1) is 8.08. The smallest absolute Gasteiger partial charge is 0.355 e. The lowest BCUT2D eigenvalue weighted by atomic mass is 10.4. The van der Waals surface area contributed by atoms with Gasteiger partial charge in [0.1, 0.15) is 0 Å². The summed E-state index contributed by atoms with van der Waals surface area (Å²) in [6, 6.07) is 0. The molecule has 0 aliphatic carbocycles. The second-order valence-corrected chi connectivity index (χ2v) is 4.14. The topological polar surface area (TPSA) is 121 Å². The largest absolute Gasteiger partial charge is 0.476 e. The molecule has 0 spiro atoms. The van der Waals surface area contributed by atoms with Crippen molar-refractivity contribution in [2.75, 3.05) is 0 Å². The zero-order chi connectivity index (χ0) is 12.4. The number of nitrogens with one attached hydrogen (secondary N) is 2. The zero-order valence-corrected chi connectivity index (χ0v) is 9.28. The van der Waals surface area contributed by atoms with Crippen molar-refractivity contribution in [3.63, 3.8) is 0 Å². The number of carboxylic acid groups (broad SMARTS) is 1. The molecule has 0 aliphatic rings. The lowest BCUT2D eigenvalue weighted by molar-refractivity contribution is 0.0691. The molecule has 0 aromatic carbocycles.